The molecule has 1 saturated heterocycles. The van der Waals surface area contributed by atoms with Crippen molar-refractivity contribution in [3.63, 3.8) is 0 Å². The quantitative estimate of drug-likeness (QED) is 0.351. The van der Waals surface area contributed by atoms with E-state index in [0.29, 0.717) is 0 Å². The van der Waals surface area contributed by atoms with Gasteiger partial charge in [0.2, 0.25) is 0 Å². The maximum absolute atomic E-state index is 3.66. The van der Waals surface area contributed by atoms with Gasteiger partial charge in [0.15, 0.2) is 0 Å². The van der Waals surface area contributed by atoms with Crippen LogP contribution in [0.2, 0.25) is 0 Å². The van der Waals surface area contributed by atoms with E-state index in [1.165, 1.54) is 32.4 Å². The summed E-state index contributed by atoms with van der Waals surface area (Å²) < 4.78 is 0. The summed E-state index contributed by atoms with van der Waals surface area (Å²) in [5, 5.41) is 0. The van der Waals surface area contributed by atoms with Crippen LogP contribution in [0.1, 0.15) is 19.3 Å². The Kier molecular flexibility index (Phi) is 6.96. The van der Waals surface area contributed by atoms with Crippen molar-refractivity contribution >= 4 is 0 Å². The summed E-state index contributed by atoms with van der Waals surface area (Å²) in [5.74, 6) is 0. The Balaban J connectivity index is 0.000001000. The van der Waals surface area contributed by atoms with Crippen molar-refractivity contribution in [2.75, 3.05) is 19.6 Å². The van der Waals surface area contributed by atoms with Crippen LogP contribution in [0.4, 0.5) is 0 Å². The second kappa shape index (κ2) is 6.85. The first-order chi connectivity index (χ1) is 4.93. The molecule has 0 aromatic heterocycles. The molecule has 2 heteroatoms. The van der Waals surface area contributed by atoms with Crippen LogP contribution in [0.5, 0.6) is 0 Å². The minimum atomic E-state index is 0. The average Bonchev–Trinajstić information content (AvgIpc) is 2.03. The maximum atomic E-state index is 3.66. The summed E-state index contributed by atoms with van der Waals surface area (Å²) >= 11 is 0. The fraction of sp³-hybridized carbons (Fsp3) is 0.667. The number of hydrogen-bond acceptors (Lipinski definition) is 1. The topological polar surface area (TPSA) is 3.24 Å². The molecule has 0 aliphatic carbocycles. The van der Waals surface area contributed by atoms with Crippen LogP contribution < -0.4 is 18.9 Å². The molecule has 1 aliphatic rings. The molecule has 0 spiro atoms. The zero-order valence-corrected chi connectivity index (χ0v) is 7.55. The molecule has 1 aliphatic heterocycles. The molecular weight excluding hydrogens is 129 g/mol. The molecule has 0 bridgehead atoms. The number of nitrogens with zero attached hydrogens (tertiary/aromatic N) is 1. The summed E-state index contributed by atoms with van der Waals surface area (Å²) in [5.41, 5.74) is 0. The molecule has 1 heterocycles. The first-order valence-electron chi connectivity index (χ1n) is 4.10. The third-order valence-corrected chi connectivity index (χ3v) is 1.98. The summed E-state index contributed by atoms with van der Waals surface area (Å²) in [6.45, 7) is 7.33. The van der Waals surface area contributed by atoms with Crippen LogP contribution in [0.3, 0.4) is 0 Å². The first kappa shape index (κ1) is 11.2. The standard InChI is InChI=1S/C9H16N.Li/c1-2-3-7-10-8-5-4-6-9-10;/h2-3H,1,4-9H2;/q-1;+1/b3-2+;. The largest absolute Gasteiger partial charge is 1.00 e. The SMILES string of the molecule is [CH2-]/C=C/CN1CCCCC1.[Li+]. The van der Waals surface area contributed by atoms with E-state index < -0.39 is 0 Å². The van der Waals surface area contributed by atoms with E-state index >= 15 is 0 Å². The second-order valence-corrected chi connectivity index (χ2v) is 2.83. The van der Waals surface area contributed by atoms with Crippen LogP contribution in [0.15, 0.2) is 12.2 Å². The Labute approximate surface area is 82.0 Å². The molecule has 0 N–H and O–H groups in total. The van der Waals surface area contributed by atoms with Crippen molar-refractivity contribution in [1.82, 2.24) is 4.90 Å². The Morgan fingerprint density at radius 3 is 2.36 bits per heavy atom. The van der Waals surface area contributed by atoms with Crippen LogP contribution in [0, 0.1) is 6.92 Å². The maximum Gasteiger partial charge on any atom is 1.00 e. The molecule has 1 nitrogen and oxygen atoms in total. The van der Waals surface area contributed by atoms with Gasteiger partial charge in [0.05, 0.1) is 0 Å². The van der Waals surface area contributed by atoms with Crippen LogP contribution in [-0.2, 0) is 0 Å². The van der Waals surface area contributed by atoms with Crippen molar-refractivity contribution in [2.45, 2.75) is 19.3 Å². The van der Waals surface area contributed by atoms with Crippen LogP contribution >= 0.6 is 0 Å². The fourth-order valence-corrected chi connectivity index (χ4v) is 1.37. The summed E-state index contributed by atoms with van der Waals surface area (Å²) in [7, 11) is 0. The number of rotatable bonds is 2. The third kappa shape index (κ3) is 4.58. The fourth-order valence-electron chi connectivity index (χ4n) is 1.37. The van der Waals surface area contributed by atoms with Gasteiger partial charge in [-0.25, -0.2) is 19.1 Å². The van der Waals surface area contributed by atoms with Gasteiger partial charge in [0, 0.05) is 0 Å². The number of piperidine rings is 1. The number of hydrogen-bond donors (Lipinski definition) is 0. The molecule has 0 saturated carbocycles. The Hall–Kier alpha value is 0.167. The molecule has 0 aromatic carbocycles. The minimum absolute atomic E-state index is 0. The molecule has 1 rings (SSSR count). The van der Waals surface area contributed by atoms with E-state index in [2.05, 4.69) is 17.9 Å². The molecule has 58 valence electrons. The van der Waals surface area contributed by atoms with Gasteiger partial charge in [-0.05, 0) is 32.5 Å². The van der Waals surface area contributed by atoms with Crippen molar-refractivity contribution in [3.8, 4) is 0 Å². The predicted octanol–water partition coefficient (Wildman–Crippen LogP) is -1.13. The molecule has 11 heavy (non-hydrogen) atoms. The van der Waals surface area contributed by atoms with E-state index in [4.69, 9.17) is 0 Å². The predicted molar refractivity (Wildman–Crippen MR) is 44.8 cm³/mol. The molecule has 0 aromatic rings. The normalized spacial score (nSPS) is 20.0. The average molecular weight is 145 g/mol. The van der Waals surface area contributed by atoms with Crippen LogP contribution in [0.25, 0.3) is 0 Å². The van der Waals surface area contributed by atoms with Crippen molar-refractivity contribution in [2.24, 2.45) is 0 Å². The van der Waals surface area contributed by atoms with Gasteiger partial charge in [-0.2, -0.15) is 0 Å². The summed E-state index contributed by atoms with van der Waals surface area (Å²) in [6, 6.07) is 0. The molecule has 0 atom stereocenters. The number of allylic oxidation sites excluding steroid dienone is 1. The molecule has 1 fully saturated rings. The smallest absolute Gasteiger partial charge is 0.316 e. The monoisotopic (exact) mass is 145 g/mol. The Bertz CT molecular complexity index is 106. The van der Waals surface area contributed by atoms with Gasteiger partial charge in [0.1, 0.15) is 0 Å². The zero-order chi connectivity index (χ0) is 7.23. The Morgan fingerprint density at radius 2 is 1.82 bits per heavy atom. The van der Waals surface area contributed by atoms with E-state index in [9.17, 15) is 0 Å². The first-order valence-corrected chi connectivity index (χ1v) is 4.10. The van der Waals surface area contributed by atoms with E-state index in [0.717, 1.165) is 6.54 Å². The van der Waals surface area contributed by atoms with Crippen molar-refractivity contribution in [3.05, 3.63) is 19.1 Å². The van der Waals surface area contributed by atoms with E-state index in [1.807, 2.05) is 6.08 Å². The van der Waals surface area contributed by atoms with E-state index in [-0.39, 0.29) is 18.9 Å². The molecular formula is C9H16LiN. The van der Waals surface area contributed by atoms with E-state index in [1.54, 1.807) is 0 Å². The van der Waals surface area contributed by atoms with Gasteiger partial charge in [-0.15, -0.1) is 0 Å². The number of likely N-dealkylation sites (tertiary alicyclic amines) is 1. The van der Waals surface area contributed by atoms with Crippen molar-refractivity contribution in [1.29, 1.82) is 0 Å². The van der Waals surface area contributed by atoms with Gasteiger partial charge < -0.3 is 4.90 Å². The van der Waals surface area contributed by atoms with Gasteiger partial charge in [0.25, 0.3) is 0 Å². The zero-order valence-electron chi connectivity index (χ0n) is 7.55. The van der Waals surface area contributed by atoms with Crippen molar-refractivity contribution < 1.29 is 18.9 Å². The van der Waals surface area contributed by atoms with Gasteiger partial charge >= 0.3 is 18.9 Å². The van der Waals surface area contributed by atoms with Gasteiger partial charge in [-0.3, -0.25) is 0 Å². The molecule has 0 unspecified atom stereocenters. The molecule has 0 amide bonds. The minimum Gasteiger partial charge on any atom is -0.316 e. The summed E-state index contributed by atoms with van der Waals surface area (Å²) in [4.78, 5) is 2.48. The Morgan fingerprint density at radius 1 is 1.18 bits per heavy atom. The summed E-state index contributed by atoms with van der Waals surface area (Å²) in [6.07, 6.45) is 8.19. The third-order valence-electron chi connectivity index (χ3n) is 1.98. The second-order valence-electron chi connectivity index (χ2n) is 2.83. The van der Waals surface area contributed by atoms with Gasteiger partial charge in [-0.1, -0.05) is 6.42 Å². The molecule has 0 radical (unpaired) electrons. The van der Waals surface area contributed by atoms with Crippen LogP contribution in [-0.4, -0.2) is 24.5 Å².